The Morgan fingerprint density at radius 2 is 0.880 bits per heavy atom. The monoisotopic (exact) mass is 2040 g/mol. The van der Waals surface area contributed by atoms with E-state index in [0.717, 1.165) is 42.6 Å². The number of aliphatic carboxylic acids is 1. The van der Waals surface area contributed by atoms with E-state index in [1.54, 1.807) is 116 Å². The number of pyridine rings is 2. The Labute approximate surface area is 844 Å². The lowest BCUT2D eigenvalue weighted by Gasteiger charge is -2.37. The molecule has 0 unspecified atom stereocenters. The summed E-state index contributed by atoms with van der Waals surface area (Å²) in [5.41, 5.74) is 6.56. The number of carboxylic acids is 1. The van der Waals surface area contributed by atoms with E-state index in [2.05, 4.69) is 71.8 Å². The van der Waals surface area contributed by atoms with Crippen molar-refractivity contribution in [1.29, 1.82) is 0 Å². The largest absolute Gasteiger partial charge is 0.508 e. The molecule has 0 spiro atoms. The number of anilines is 2. The summed E-state index contributed by atoms with van der Waals surface area (Å²) < 4.78 is 44.6. The molecule has 4 saturated heterocycles. The van der Waals surface area contributed by atoms with Crippen molar-refractivity contribution in [2.75, 3.05) is 76.2 Å². The van der Waals surface area contributed by atoms with Crippen LogP contribution in [-0.4, -0.2) is 203 Å². The average molecular weight is 2050 g/mol. The summed E-state index contributed by atoms with van der Waals surface area (Å²) in [6.45, 7) is 20.8. The number of amides is 3. The van der Waals surface area contributed by atoms with Gasteiger partial charge in [-0.15, -0.1) is 12.4 Å². The first-order valence-corrected chi connectivity index (χ1v) is 48.4. The Hall–Kier alpha value is -13.1. The number of ether oxygens (including phenoxy) is 2. The SMILES string of the molecule is CC(C)Nc1cc(-c2c[nH]c(C(=O)N[C@H](COC(=O)C3CCN(C(=O)C4CCN(Cc5ccc(-n6c(-c7cc(C(C)C)c(O)cc7O)n[nH]c6=O)cc5F)CC4)CC3)c3cccc(Cl)c3)c2)c(Cl)cn1.CC(C)Nc1cc(-c2c[nH]c(C(=O)N[C@H](COC(=O)C3CCNCC3)c3cccc(Cl)c3)c2)c(Cl)cn1.CC(C)c1cc(-c2n[nH]c(=O)n2-c2ccc(CN3CCC(C(=O)O)CC3)c(F)c2)c(O)cc1O.Cl. The normalized spacial score (nSPS) is 15.1. The highest BCUT2D eigenvalue weighted by atomic mass is 35.5. The van der Waals surface area contributed by atoms with Gasteiger partial charge < -0.3 is 76.5 Å². The lowest BCUT2D eigenvalue weighted by Crippen LogP contribution is -2.46. The average Bonchev–Trinajstić information content (AvgIpc) is 1.63. The molecule has 33 nitrogen and oxygen atoms in total. The van der Waals surface area contributed by atoms with E-state index in [-0.39, 0.29) is 148 Å². The first-order chi connectivity index (χ1) is 67.5. The van der Waals surface area contributed by atoms with Crippen molar-refractivity contribution < 1.29 is 72.6 Å². The number of phenols is 4. The number of carbonyl (C=O) groups excluding carboxylic acids is 5. The van der Waals surface area contributed by atoms with Crippen LogP contribution in [-0.2, 0) is 41.7 Å². The molecular formula is C102H115Cl5F2N18O15. The molecule has 0 bridgehead atoms. The van der Waals surface area contributed by atoms with E-state index >= 15 is 8.78 Å². The minimum absolute atomic E-state index is 0. The summed E-state index contributed by atoms with van der Waals surface area (Å²) in [6.07, 6.45) is 11.1. The standard InChI is InChI=1S/C51H56Cl2FN9O7.C27H31Cl2N5O3.C24H27FN4O5.ClH/c1-28(2)37-21-39(45(65)23-44(37)64)47-59-60-51(69)63(47)36-9-8-33(41(54)20-36)26-61-14-10-30(11-15-61)49(67)62-16-12-31(13-17-62)50(68)70-27-43(32-6-5-7-35(52)18-32)58-48(66)42-19-34(24-55-42)38-22-46(57-29(3)4)56-25-40(38)53;1-16(2)33-25-12-21(22(29)14-32-25)19-11-23(31-13-19)26(35)34-24(18-4-3-5-20(28)10-18)15-37-27(36)17-6-8-30-9-7-17;1-13(2)17-10-18(21(31)11-20(17)30)22-26-27-24(34)29(22)16-4-3-15(19(25)9-16)12-28-7-5-14(6-8-28)23(32)33;/h5-9,18-25,28-31,43,55,64-65H,10-17,26-27H2,1-4H3,(H,56,57)(H,58,66)(H,60,69);3-5,10-14,16-17,24,30-31H,6-9,15H2,1-2H3,(H,32,33)(H,34,35);3-4,9-11,13-14,30-31H,5-8,12H2,1-2H3,(H,27,34)(H,32,33);1H/t43-;24-;;/m11../s1. The van der Waals surface area contributed by atoms with E-state index in [1.165, 1.54) is 33.4 Å². The number of H-pyrrole nitrogens is 4. The number of carbonyl (C=O) groups is 6. The molecule has 16 rings (SSSR count). The Bertz CT molecular complexity index is 6630. The predicted molar refractivity (Wildman–Crippen MR) is 541 cm³/mol. The number of aromatic nitrogens is 10. The van der Waals surface area contributed by atoms with Crippen molar-refractivity contribution in [2.24, 2.45) is 23.7 Å². The molecule has 2 atom stereocenters. The number of likely N-dealkylation sites (tertiary alicyclic amines) is 3. The lowest BCUT2D eigenvalue weighted by molar-refractivity contribution is -0.153. The molecule has 4 aliphatic rings. The van der Waals surface area contributed by atoms with Crippen LogP contribution in [0.5, 0.6) is 23.0 Å². The molecule has 752 valence electrons. The summed E-state index contributed by atoms with van der Waals surface area (Å²) in [4.78, 5) is 124. The lowest BCUT2D eigenvalue weighted by atomic mass is 9.92. The van der Waals surface area contributed by atoms with E-state index in [9.17, 15) is 58.8 Å². The summed E-state index contributed by atoms with van der Waals surface area (Å²) in [6, 6.07) is 34.8. The molecule has 10 heterocycles. The Morgan fingerprint density at radius 1 is 0.479 bits per heavy atom. The summed E-state index contributed by atoms with van der Waals surface area (Å²) in [5.74, 6) is -3.65. The number of aromatic amines is 4. The highest BCUT2D eigenvalue weighted by Crippen LogP contribution is 2.42. The second kappa shape index (κ2) is 48.1. The fraction of sp³-hybridized carbons (Fsp3) is 0.373. The van der Waals surface area contributed by atoms with Crippen LogP contribution >= 0.6 is 58.8 Å². The van der Waals surface area contributed by atoms with Crippen LogP contribution in [0.15, 0.2) is 168 Å². The van der Waals surface area contributed by atoms with E-state index < -0.39 is 58.9 Å². The third-order valence-corrected chi connectivity index (χ3v) is 26.5. The maximum atomic E-state index is 15.7. The number of carboxylic acid groups (broad SMARTS) is 1. The number of hydrogen-bond donors (Lipinski definition) is 14. The molecule has 6 aromatic carbocycles. The van der Waals surface area contributed by atoms with Crippen LogP contribution in [0.25, 0.3) is 56.4 Å². The molecule has 12 aromatic rings. The number of hydrogen-bond acceptors (Lipinski definition) is 23. The first-order valence-electron chi connectivity index (χ1n) is 46.9. The number of nitrogens with zero attached hydrogens (tertiary/aromatic N) is 9. The molecule has 14 N–H and O–H groups in total. The van der Waals surface area contributed by atoms with Gasteiger partial charge in [0.05, 0.1) is 62.4 Å². The second-order valence-electron chi connectivity index (χ2n) is 36.9. The quantitative estimate of drug-likeness (QED) is 0.0186. The van der Waals surface area contributed by atoms with Gasteiger partial charge in [0.15, 0.2) is 11.6 Å². The number of nitrogens with one attached hydrogen (secondary N) is 9. The van der Waals surface area contributed by atoms with Crippen molar-refractivity contribution in [2.45, 2.75) is 156 Å². The molecule has 0 radical (unpaired) electrons. The maximum Gasteiger partial charge on any atom is 0.348 e. The van der Waals surface area contributed by atoms with Gasteiger partial charge in [-0.1, -0.05) is 110 Å². The van der Waals surface area contributed by atoms with Gasteiger partial charge in [-0.25, -0.2) is 47.7 Å². The van der Waals surface area contributed by atoms with Gasteiger partial charge in [0.1, 0.15) is 70.9 Å². The molecular weight excluding hydrogens is 1930 g/mol. The predicted octanol–water partition coefficient (Wildman–Crippen LogP) is 17.4. The fourth-order valence-corrected chi connectivity index (χ4v) is 18.5. The molecule has 4 fully saturated rings. The van der Waals surface area contributed by atoms with Crippen molar-refractivity contribution >= 4 is 106 Å². The first kappa shape index (κ1) is 106. The van der Waals surface area contributed by atoms with E-state index in [0.29, 0.717) is 167 Å². The Balaban J connectivity index is 0.000000197. The van der Waals surface area contributed by atoms with Crippen LogP contribution in [0.2, 0.25) is 20.1 Å². The molecule has 40 heteroatoms. The number of rotatable bonds is 30. The van der Waals surface area contributed by atoms with Crippen molar-refractivity contribution in [3.8, 4) is 79.4 Å². The number of piperidine rings is 4. The summed E-state index contributed by atoms with van der Waals surface area (Å²) >= 11 is 25.4. The van der Waals surface area contributed by atoms with Gasteiger partial charge in [0.2, 0.25) is 5.91 Å². The number of aromatic hydroxyl groups is 4. The van der Waals surface area contributed by atoms with Gasteiger partial charge in [0, 0.05) is 125 Å². The minimum Gasteiger partial charge on any atom is -0.508 e. The number of halogens is 7. The zero-order valence-corrected chi connectivity index (χ0v) is 83.3. The van der Waals surface area contributed by atoms with Gasteiger partial charge >= 0.3 is 29.3 Å². The topological polar surface area (TPSA) is 451 Å². The third kappa shape index (κ3) is 26.6. The van der Waals surface area contributed by atoms with Crippen LogP contribution in [0, 0.1) is 35.3 Å². The summed E-state index contributed by atoms with van der Waals surface area (Å²) in [5, 5.41) is 81.1. The molecule has 0 aliphatic carbocycles. The van der Waals surface area contributed by atoms with Crippen LogP contribution in [0.1, 0.15) is 185 Å². The highest BCUT2D eigenvalue weighted by molar-refractivity contribution is 6.34. The Kier molecular flexibility index (Phi) is 36.0. The van der Waals surface area contributed by atoms with Gasteiger partial charge in [0.25, 0.3) is 11.8 Å². The van der Waals surface area contributed by atoms with E-state index in [1.807, 2.05) is 83.4 Å². The van der Waals surface area contributed by atoms with Gasteiger partial charge in [-0.3, -0.25) is 38.6 Å². The molecule has 3 amide bonds. The van der Waals surface area contributed by atoms with Crippen LogP contribution < -0.4 is 38.0 Å². The third-order valence-electron chi connectivity index (χ3n) is 25.4. The fourth-order valence-electron chi connectivity index (χ4n) is 17.7. The highest BCUT2D eigenvalue weighted by Gasteiger charge is 2.36. The molecule has 0 saturated carbocycles. The van der Waals surface area contributed by atoms with Crippen molar-refractivity contribution in [3.05, 3.63) is 256 Å². The zero-order chi connectivity index (χ0) is 101. The van der Waals surface area contributed by atoms with Crippen molar-refractivity contribution in [3.63, 3.8) is 0 Å². The van der Waals surface area contributed by atoms with Gasteiger partial charge in [-0.2, -0.15) is 10.2 Å². The zero-order valence-electron chi connectivity index (χ0n) is 79.4. The van der Waals surface area contributed by atoms with Crippen LogP contribution in [0.3, 0.4) is 0 Å². The molecule has 4 aliphatic heterocycles. The number of esters is 2. The minimum atomic E-state index is -0.795. The van der Waals surface area contributed by atoms with Gasteiger partial charge in [-0.05, 0) is 237 Å². The van der Waals surface area contributed by atoms with Crippen molar-refractivity contribution in [1.82, 2.24) is 80.1 Å². The van der Waals surface area contributed by atoms with E-state index in [4.69, 9.17) is 61.0 Å². The smallest absolute Gasteiger partial charge is 0.348 e. The second-order valence-corrected chi connectivity index (χ2v) is 38.6. The molecule has 142 heavy (non-hydrogen) atoms. The number of phenolic OH excluding ortho intramolecular Hbond substituents is 4. The Morgan fingerprint density at radius 3 is 1.27 bits per heavy atom. The van der Waals surface area contributed by atoms with Crippen LogP contribution in [0.4, 0.5) is 20.4 Å². The summed E-state index contributed by atoms with van der Waals surface area (Å²) in [7, 11) is 0. The maximum absolute atomic E-state index is 15.7. The number of benzene rings is 6. The molecule has 6 aromatic heterocycles.